The molecule has 0 N–H and O–H groups in total. The Bertz CT molecular complexity index is 977. The number of ketones is 1. The molecule has 0 saturated heterocycles. The highest BCUT2D eigenvalue weighted by molar-refractivity contribution is 6.15. The SMILES string of the molecule is CC(=O)c1cccc2c1oc1cc3ccccc3cc12. The number of furan rings is 1. The fourth-order valence-corrected chi connectivity index (χ4v) is 2.76. The van der Waals surface area contributed by atoms with Crippen LogP contribution in [0.2, 0.25) is 0 Å². The van der Waals surface area contributed by atoms with Crippen LogP contribution in [0.5, 0.6) is 0 Å². The van der Waals surface area contributed by atoms with E-state index < -0.39 is 0 Å². The third kappa shape index (κ3) is 1.48. The molecule has 4 aromatic rings. The van der Waals surface area contributed by atoms with Gasteiger partial charge in [-0.2, -0.15) is 0 Å². The Balaban J connectivity index is 2.21. The first kappa shape index (κ1) is 11.2. The molecule has 1 aromatic heterocycles. The molecule has 2 heteroatoms. The topological polar surface area (TPSA) is 30.2 Å². The Morgan fingerprint density at radius 2 is 1.65 bits per heavy atom. The molecule has 0 amide bonds. The highest BCUT2D eigenvalue weighted by Gasteiger charge is 2.13. The number of carbonyl (C=O) groups is 1. The van der Waals surface area contributed by atoms with Crippen LogP contribution in [-0.4, -0.2) is 5.78 Å². The summed E-state index contributed by atoms with van der Waals surface area (Å²) in [5.41, 5.74) is 2.15. The van der Waals surface area contributed by atoms with Crippen LogP contribution < -0.4 is 0 Å². The molecule has 0 unspecified atom stereocenters. The number of Topliss-reactive ketones (excluding diaryl/α,β-unsaturated/α-hetero) is 1. The molecule has 1 heterocycles. The molecule has 20 heavy (non-hydrogen) atoms. The summed E-state index contributed by atoms with van der Waals surface area (Å²) in [6, 6.07) is 18.1. The lowest BCUT2D eigenvalue weighted by Gasteiger charge is -1.97. The van der Waals surface area contributed by atoms with E-state index in [1.165, 1.54) is 5.39 Å². The summed E-state index contributed by atoms with van der Waals surface area (Å²) < 4.78 is 5.93. The second-order valence-corrected chi connectivity index (χ2v) is 5.04. The third-order valence-corrected chi connectivity index (χ3v) is 3.74. The van der Waals surface area contributed by atoms with Crippen molar-refractivity contribution < 1.29 is 9.21 Å². The lowest BCUT2D eigenvalue weighted by molar-refractivity contribution is 0.101. The zero-order valence-electron chi connectivity index (χ0n) is 11.0. The van der Waals surface area contributed by atoms with Gasteiger partial charge in [0.25, 0.3) is 0 Å². The minimum Gasteiger partial charge on any atom is -0.455 e. The van der Waals surface area contributed by atoms with Crippen LogP contribution in [0.25, 0.3) is 32.7 Å². The van der Waals surface area contributed by atoms with Crippen LogP contribution in [0.1, 0.15) is 17.3 Å². The number of rotatable bonds is 1. The molecule has 2 nitrogen and oxygen atoms in total. The average Bonchev–Trinajstić information content (AvgIpc) is 2.82. The Labute approximate surface area is 115 Å². The zero-order chi connectivity index (χ0) is 13.7. The van der Waals surface area contributed by atoms with Crippen LogP contribution in [-0.2, 0) is 0 Å². The van der Waals surface area contributed by atoms with Crippen molar-refractivity contribution in [2.45, 2.75) is 6.92 Å². The van der Waals surface area contributed by atoms with E-state index in [0.29, 0.717) is 11.1 Å². The van der Waals surface area contributed by atoms with Crippen LogP contribution >= 0.6 is 0 Å². The molecular formula is C18H12O2. The van der Waals surface area contributed by atoms with Crippen molar-refractivity contribution in [1.29, 1.82) is 0 Å². The lowest BCUT2D eigenvalue weighted by atomic mass is 10.0. The predicted octanol–water partition coefficient (Wildman–Crippen LogP) is 4.94. The van der Waals surface area contributed by atoms with Gasteiger partial charge in [0.1, 0.15) is 11.2 Å². The summed E-state index contributed by atoms with van der Waals surface area (Å²) >= 11 is 0. The van der Waals surface area contributed by atoms with E-state index in [1.54, 1.807) is 6.92 Å². The van der Waals surface area contributed by atoms with Crippen LogP contribution in [0, 0.1) is 0 Å². The molecule has 0 atom stereocenters. The van der Waals surface area contributed by atoms with Crippen molar-refractivity contribution in [3.8, 4) is 0 Å². The normalized spacial score (nSPS) is 11.4. The van der Waals surface area contributed by atoms with Gasteiger partial charge in [0.05, 0.1) is 5.56 Å². The molecule has 0 fully saturated rings. The average molecular weight is 260 g/mol. The summed E-state index contributed by atoms with van der Waals surface area (Å²) in [5, 5.41) is 4.37. The van der Waals surface area contributed by atoms with Gasteiger partial charge in [-0.15, -0.1) is 0 Å². The number of fused-ring (bicyclic) bond motifs is 4. The monoisotopic (exact) mass is 260 g/mol. The number of hydrogen-bond acceptors (Lipinski definition) is 2. The molecule has 0 saturated carbocycles. The third-order valence-electron chi connectivity index (χ3n) is 3.74. The zero-order valence-corrected chi connectivity index (χ0v) is 11.0. The highest BCUT2D eigenvalue weighted by atomic mass is 16.3. The number of benzene rings is 3. The van der Waals surface area contributed by atoms with E-state index in [-0.39, 0.29) is 5.78 Å². The van der Waals surface area contributed by atoms with Gasteiger partial charge < -0.3 is 4.42 Å². The van der Waals surface area contributed by atoms with Gasteiger partial charge in [-0.3, -0.25) is 4.79 Å². The van der Waals surface area contributed by atoms with Crippen LogP contribution in [0.4, 0.5) is 0 Å². The number of carbonyl (C=O) groups excluding carboxylic acids is 1. The van der Waals surface area contributed by atoms with Gasteiger partial charge in [0.2, 0.25) is 0 Å². The number of para-hydroxylation sites is 1. The van der Waals surface area contributed by atoms with Crippen molar-refractivity contribution in [3.05, 3.63) is 60.2 Å². The number of hydrogen-bond donors (Lipinski definition) is 0. The van der Waals surface area contributed by atoms with Gasteiger partial charge in [0, 0.05) is 10.8 Å². The fraction of sp³-hybridized carbons (Fsp3) is 0.0556. The van der Waals surface area contributed by atoms with Crippen molar-refractivity contribution in [3.63, 3.8) is 0 Å². The van der Waals surface area contributed by atoms with E-state index >= 15 is 0 Å². The molecule has 0 aliphatic carbocycles. The van der Waals surface area contributed by atoms with Crippen molar-refractivity contribution in [1.82, 2.24) is 0 Å². The largest absolute Gasteiger partial charge is 0.455 e. The molecule has 0 aliphatic rings. The minimum atomic E-state index is 0.0270. The first-order chi connectivity index (χ1) is 9.74. The molecule has 0 spiro atoms. The van der Waals surface area contributed by atoms with Crippen molar-refractivity contribution in [2.75, 3.05) is 0 Å². The molecule has 0 radical (unpaired) electrons. The molecule has 0 bridgehead atoms. The highest BCUT2D eigenvalue weighted by Crippen LogP contribution is 2.33. The molecule has 4 rings (SSSR count). The van der Waals surface area contributed by atoms with Gasteiger partial charge in [0.15, 0.2) is 5.78 Å². The first-order valence-corrected chi connectivity index (χ1v) is 6.59. The second kappa shape index (κ2) is 3.94. The maximum Gasteiger partial charge on any atom is 0.163 e. The molecule has 96 valence electrons. The van der Waals surface area contributed by atoms with Gasteiger partial charge in [-0.25, -0.2) is 0 Å². The predicted molar refractivity (Wildman–Crippen MR) is 81.2 cm³/mol. The Hall–Kier alpha value is -2.61. The van der Waals surface area contributed by atoms with E-state index in [0.717, 1.165) is 21.7 Å². The molecule has 3 aromatic carbocycles. The summed E-state index contributed by atoms with van der Waals surface area (Å²) in [5.74, 6) is 0.0270. The van der Waals surface area contributed by atoms with E-state index in [2.05, 4.69) is 18.2 Å². The van der Waals surface area contributed by atoms with Crippen molar-refractivity contribution >= 4 is 38.5 Å². The van der Waals surface area contributed by atoms with Crippen molar-refractivity contribution in [2.24, 2.45) is 0 Å². The summed E-state index contributed by atoms with van der Waals surface area (Å²) in [7, 11) is 0. The minimum absolute atomic E-state index is 0.0270. The Morgan fingerprint density at radius 1 is 0.900 bits per heavy atom. The first-order valence-electron chi connectivity index (χ1n) is 6.59. The second-order valence-electron chi connectivity index (χ2n) is 5.04. The van der Waals surface area contributed by atoms with E-state index in [4.69, 9.17) is 4.42 Å². The van der Waals surface area contributed by atoms with Crippen LogP contribution in [0.3, 0.4) is 0 Å². The lowest BCUT2D eigenvalue weighted by Crippen LogP contribution is -1.91. The maximum absolute atomic E-state index is 11.7. The fourth-order valence-electron chi connectivity index (χ4n) is 2.76. The van der Waals surface area contributed by atoms with E-state index in [9.17, 15) is 4.79 Å². The van der Waals surface area contributed by atoms with E-state index in [1.807, 2.05) is 36.4 Å². The quantitative estimate of drug-likeness (QED) is 0.454. The summed E-state index contributed by atoms with van der Waals surface area (Å²) in [4.78, 5) is 11.7. The Morgan fingerprint density at radius 3 is 2.40 bits per heavy atom. The molecular weight excluding hydrogens is 248 g/mol. The summed E-state index contributed by atoms with van der Waals surface area (Å²) in [6.07, 6.45) is 0. The Kier molecular flexibility index (Phi) is 2.21. The standard InChI is InChI=1S/C18H12O2/c1-11(19)14-7-4-8-15-16-9-12-5-2-3-6-13(12)10-17(16)20-18(14)15/h2-10H,1H3. The van der Waals surface area contributed by atoms with Gasteiger partial charge in [-0.1, -0.05) is 36.4 Å². The van der Waals surface area contributed by atoms with Gasteiger partial charge in [-0.05, 0) is 35.9 Å². The summed E-state index contributed by atoms with van der Waals surface area (Å²) in [6.45, 7) is 1.57. The van der Waals surface area contributed by atoms with Gasteiger partial charge >= 0.3 is 0 Å². The molecule has 0 aliphatic heterocycles. The smallest absolute Gasteiger partial charge is 0.163 e. The maximum atomic E-state index is 11.7. The van der Waals surface area contributed by atoms with Crippen LogP contribution in [0.15, 0.2) is 59.0 Å².